The number of halogens is 1. The number of hydrogen-bond donors (Lipinski definition) is 3. The van der Waals surface area contributed by atoms with Gasteiger partial charge in [0.1, 0.15) is 17.6 Å². The van der Waals surface area contributed by atoms with Crippen molar-refractivity contribution >= 4 is 27.6 Å². The van der Waals surface area contributed by atoms with Crippen LogP contribution in [-0.4, -0.2) is 39.1 Å². The van der Waals surface area contributed by atoms with E-state index in [2.05, 4.69) is 15.9 Å². The standard InChI is InChI=1S/C19H18BrNO7/c1-10(22)18(25)21(2)28-19(26)16-12(7-14(23)8-15(16)24)9-27-17(19)11-4-3-5-13(20)6-11/h3-8,17,23-24,26H,9H2,1-2H3. The summed E-state index contributed by atoms with van der Waals surface area (Å²) < 4.78 is 6.48. The number of ketones is 1. The molecule has 9 heteroatoms. The van der Waals surface area contributed by atoms with Crippen molar-refractivity contribution in [3.63, 3.8) is 0 Å². The highest BCUT2D eigenvalue weighted by Gasteiger charge is 2.50. The van der Waals surface area contributed by atoms with Crippen LogP contribution in [0.1, 0.15) is 29.7 Å². The number of carbonyl (C=O) groups excluding carboxylic acids is 2. The quantitative estimate of drug-likeness (QED) is 0.370. The molecule has 1 aliphatic rings. The third-order valence-corrected chi connectivity index (χ3v) is 4.81. The first kappa shape index (κ1) is 20.3. The molecule has 0 aliphatic carbocycles. The summed E-state index contributed by atoms with van der Waals surface area (Å²) in [6, 6.07) is 9.23. The summed E-state index contributed by atoms with van der Waals surface area (Å²) in [5, 5.41) is 32.3. The van der Waals surface area contributed by atoms with Crippen LogP contribution in [0, 0.1) is 0 Å². The van der Waals surface area contributed by atoms with Crippen LogP contribution in [0.2, 0.25) is 0 Å². The summed E-state index contributed by atoms with van der Waals surface area (Å²) in [6.07, 6.45) is -1.14. The van der Waals surface area contributed by atoms with E-state index < -0.39 is 29.3 Å². The number of amides is 1. The number of benzene rings is 2. The number of Topliss-reactive ketones (excluding diaryl/α,β-unsaturated/α-hetero) is 1. The molecule has 1 amide bonds. The Morgan fingerprint density at radius 3 is 2.64 bits per heavy atom. The third-order valence-electron chi connectivity index (χ3n) is 4.32. The molecule has 3 N–H and O–H groups in total. The normalized spacial score (nSPS) is 21.1. The van der Waals surface area contributed by atoms with Crippen molar-refractivity contribution in [3.05, 3.63) is 57.6 Å². The molecule has 1 heterocycles. The van der Waals surface area contributed by atoms with Crippen molar-refractivity contribution in [1.29, 1.82) is 0 Å². The Hall–Kier alpha value is -2.46. The van der Waals surface area contributed by atoms with Crippen LogP contribution < -0.4 is 0 Å². The zero-order valence-corrected chi connectivity index (χ0v) is 16.6. The highest BCUT2D eigenvalue weighted by molar-refractivity contribution is 9.10. The summed E-state index contributed by atoms with van der Waals surface area (Å²) in [6.45, 7) is 1.03. The summed E-state index contributed by atoms with van der Waals surface area (Å²) in [4.78, 5) is 28.9. The topological polar surface area (TPSA) is 117 Å². The molecule has 0 spiro atoms. The number of aliphatic hydroxyl groups is 1. The molecule has 0 fully saturated rings. The van der Waals surface area contributed by atoms with Gasteiger partial charge in [-0.2, -0.15) is 0 Å². The minimum Gasteiger partial charge on any atom is -0.508 e. The molecule has 2 unspecified atom stereocenters. The van der Waals surface area contributed by atoms with Crippen molar-refractivity contribution in [2.24, 2.45) is 0 Å². The zero-order chi connectivity index (χ0) is 20.6. The van der Waals surface area contributed by atoms with Gasteiger partial charge in [-0.05, 0) is 29.3 Å². The molecule has 0 saturated carbocycles. The summed E-state index contributed by atoms with van der Waals surface area (Å²) in [5.41, 5.74) is 0.707. The molecule has 8 nitrogen and oxygen atoms in total. The molecule has 0 saturated heterocycles. The van der Waals surface area contributed by atoms with E-state index in [1.165, 1.54) is 13.1 Å². The molecule has 0 aromatic heterocycles. The van der Waals surface area contributed by atoms with Crippen LogP contribution >= 0.6 is 15.9 Å². The molecule has 0 bridgehead atoms. The Morgan fingerprint density at radius 2 is 2.00 bits per heavy atom. The summed E-state index contributed by atoms with van der Waals surface area (Å²) in [7, 11) is 1.17. The van der Waals surface area contributed by atoms with Gasteiger partial charge in [0.05, 0.1) is 12.2 Å². The Kier molecular flexibility index (Phi) is 5.44. The van der Waals surface area contributed by atoms with E-state index in [4.69, 9.17) is 9.57 Å². The van der Waals surface area contributed by atoms with Crippen molar-refractivity contribution in [3.8, 4) is 11.5 Å². The van der Waals surface area contributed by atoms with Gasteiger partial charge in [-0.1, -0.05) is 28.1 Å². The van der Waals surface area contributed by atoms with Crippen LogP contribution in [0.25, 0.3) is 0 Å². The van der Waals surface area contributed by atoms with Gasteiger partial charge in [-0.3, -0.25) is 9.59 Å². The van der Waals surface area contributed by atoms with Crippen LogP contribution in [0.15, 0.2) is 40.9 Å². The fourth-order valence-corrected chi connectivity index (χ4v) is 3.59. The molecule has 1 aliphatic heterocycles. The minimum absolute atomic E-state index is 0.0372. The van der Waals surface area contributed by atoms with Gasteiger partial charge in [0.2, 0.25) is 5.78 Å². The number of rotatable bonds is 4. The molecule has 2 atom stereocenters. The van der Waals surface area contributed by atoms with Gasteiger partial charge in [0, 0.05) is 24.5 Å². The number of fused-ring (bicyclic) bond motifs is 1. The predicted molar refractivity (Wildman–Crippen MR) is 99.9 cm³/mol. The van der Waals surface area contributed by atoms with Gasteiger partial charge in [0.25, 0.3) is 5.79 Å². The second kappa shape index (κ2) is 7.51. The molecular formula is C19H18BrNO7. The lowest BCUT2D eigenvalue weighted by Gasteiger charge is -2.42. The zero-order valence-electron chi connectivity index (χ0n) is 15.0. The number of hydrogen-bond acceptors (Lipinski definition) is 7. The van der Waals surface area contributed by atoms with Crippen molar-refractivity contribution in [2.45, 2.75) is 25.4 Å². The lowest BCUT2D eigenvalue weighted by Crippen LogP contribution is -2.48. The Labute approximate surface area is 169 Å². The Balaban J connectivity index is 2.15. The number of aromatic hydroxyl groups is 2. The van der Waals surface area contributed by atoms with E-state index in [-0.39, 0.29) is 23.5 Å². The van der Waals surface area contributed by atoms with Gasteiger partial charge < -0.3 is 20.1 Å². The highest BCUT2D eigenvalue weighted by Crippen LogP contribution is 2.49. The monoisotopic (exact) mass is 451 g/mol. The lowest BCUT2D eigenvalue weighted by molar-refractivity contribution is -0.364. The minimum atomic E-state index is -2.36. The number of phenols is 2. The first-order valence-corrected chi connectivity index (χ1v) is 9.05. The van der Waals surface area contributed by atoms with E-state index in [0.29, 0.717) is 15.1 Å². The van der Waals surface area contributed by atoms with Gasteiger partial charge in [-0.25, -0.2) is 9.90 Å². The smallest absolute Gasteiger partial charge is 0.313 e. The second-order valence-corrected chi connectivity index (χ2v) is 7.31. The molecule has 28 heavy (non-hydrogen) atoms. The van der Waals surface area contributed by atoms with E-state index in [0.717, 1.165) is 13.0 Å². The third kappa shape index (κ3) is 3.61. The van der Waals surface area contributed by atoms with Crippen molar-refractivity contribution in [2.75, 3.05) is 7.05 Å². The summed E-state index contributed by atoms with van der Waals surface area (Å²) in [5.74, 6) is -4.81. The summed E-state index contributed by atoms with van der Waals surface area (Å²) >= 11 is 3.35. The number of carbonyl (C=O) groups is 2. The molecule has 2 aromatic rings. The number of ether oxygens (including phenoxy) is 1. The molecular weight excluding hydrogens is 434 g/mol. The Morgan fingerprint density at radius 1 is 1.29 bits per heavy atom. The fourth-order valence-electron chi connectivity index (χ4n) is 3.17. The van der Waals surface area contributed by atoms with Crippen LogP contribution in [-0.2, 0) is 31.6 Å². The van der Waals surface area contributed by atoms with Crippen LogP contribution in [0.4, 0.5) is 0 Å². The predicted octanol–water partition coefficient (Wildman–Crippen LogP) is 2.26. The lowest BCUT2D eigenvalue weighted by atomic mass is 9.88. The van der Waals surface area contributed by atoms with Crippen molar-refractivity contribution in [1.82, 2.24) is 5.06 Å². The highest BCUT2D eigenvalue weighted by atomic mass is 79.9. The van der Waals surface area contributed by atoms with E-state index in [1.54, 1.807) is 24.3 Å². The number of likely N-dealkylation sites (N-methyl/N-ethyl adjacent to an activating group) is 1. The maximum Gasteiger partial charge on any atom is 0.313 e. The van der Waals surface area contributed by atoms with Crippen molar-refractivity contribution < 1.29 is 34.5 Å². The number of nitrogens with zero attached hydrogens (tertiary/aromatic N) is 1. The first-order valence-electron chi connectivity index (χ1n) is 8.26. The maximum absolute atomic E-state index is 12.0. The SMILES string of the molecule is CC(=O)C(=O)N(C)OC1(O)c2c(O)cc(O)cc2COC1c1cccc(Br)c1. The van der Waals surface area contributed by atoms with E-state index in [1.807, 2.05) is 0 Å². The average molecular weight is 452 g/mol. The number of phenolic OH excluding ortho intramolecular Hbond substituents is 2. The Bertz CT molecular complexity index is 948. The van der Waals surface area contributed by atoms with Crippen LogP contribution in [0.3, 0.4) is 0 Å². The van der Waals surface area contributed by atoms with Crippen LogP contribution in [0.5, 0.6) is 11.5 Å². The van der Waals surface area contributed by atoms with E-state index >= 15 is 0 Å². The van der Waals surface area contributed by atoms with Gasteiger partial charge in [-0.15, -0.1) is 0 Å². The average Bonchev–Trinajstić information content (AvgIpc) is 2.60. The van der Waals surface area contributed by atoms with Gasteiger partial charge in [0.15, 0.2) is 0 Å². The van der Waals surface area contributed by atoms with Gasteiger partial charge >= 0.3 is 5.91 Å². The number of hydroxylamine groups is 2. The molecule has 0 radical (unpaired) electrons. The largest absolute Gasteiger partial charge is 0.508 e. The maximum atomic E-state index is 12.0. The molecule has 148 valence electrons. The molecule has 2 aromatic carbocycles. The first-order chi connectivity index (χ1) is 13.1. The fraction of sp³-hybridized carbons (Fsp3) is 0.263. The van der Waals surface area contributed by atoms with E-state index in [9.17, 15) is 24.9 Å². The molecule has 3 rings (SSSR count). The second-order valence-electron chi connectivity index (χ2n) is 6.39.